The minimum absolute atomic E-state index is 0.117. The van der Waals surface area contributed by atoms with Crippen LogP contribution in [0.4, 0.5) is 0 Å². The van der Waals surface area contributed by atoms with Gasteiger partial charge in [-0.05, 0) is 137 Å². The number of fused-ring (bicyclic) bond motifs is 7. The van der Waals surface area contributed by atoms with Gasteiger partial charge in [-0.2, -0.15) is 0 Å². The van der Waals surface area contributed by atoms with E-state index in [-0.39, 0.29) is 5.41 Å². The van der Waals surface area contributed by atoms with Gasteiger partial charge in [0.15, 0.2) is 0 Å². The Morgan fingerprint density at radius 2 is 1.03 bits per heavy atom. The van der Waals surface area contributed by atoms with E-state index in [2.05, 4.69) is 203 Å². The zero-order valence-electron chi connectivity index (χ0n) is 33.2. The third-order valence-corrected chi connectivity index (χ3v) is 12.9. The van der Waals surface area contributed by atoms with Crippen LogP contribution in [0.3, 0.4) is 0 Å². The molecule has 0 atom stereocenters. The Bertz CT molecular complexity index is 3150. The summed E-state index contributed by atoms with van der Waals surface area (Å²) >= 11 is 4.12. The molecule has 0 saturated heterocycles. The number of rotatable bonds is 3. The van der Waals surface area contributed by atoms with Gasteiger partial charge in [-0.25, -0.2) is 0 Å². The molecule has 1 nitrogen and oxygen atoms in total. The third kappa shape index (κ3) is 5.94. The first-order valence-electron chi connectivity index (χ1n) is 20.3. The summed E-state index contributed by atoms with van der Waals surface area (Å²) in [5.74, 6) is 0. The summed E-state index contributed by atoms with van der Waals surface area (Å²) in [5, 5.41) is 10.2. The van der Waals surface area contributed by atoms with Crippen molar-refractivity contribution >= 4 is 55.7 Å². The van der Waals surface area contributed by atoms with E-state index >= 15 is 0 Å². The molecule has 0 radical (unpaired) electrons. The molecular weight excluding hydrogens is 719 g/mol. The van der Waals surface area contributed by atoms with Gasteiger partial charge in [0.25, 0.3) is 0 Å². The van der Waals surface area contributed by atoms with E-state index in [4.69, 9.17) is 5.73 Å². The fourth-order valence-corrected chi connectivity index (χ4v) is 9.70. The van der Waals surface area contributed by atoms with Gasteiger partial charge in [-0.15, -0.1) is 12.6 Å². The quantitative estimate of drug-likeness (QED) is 0.136. The molecule has 0 unspecified atom stereocenters. The average Bonchev–Trinajstić information content (AvgIpc) is 3.48. The Hall–Kier alpha value is -6.35. The van der Waals surface area contributed by atoms with Crippen LogP contribution in [-0.2, 0) is 5.41 Å². The summed E-state index contributed by atoms with van der Waals surface area (Å²) in [6, 6.07) is 61.5. The molecule has 0 heterocycles. The van der Waals surface area contributed by atoms with Gasteiger partial charge in [-0.3, -0.25) is 0 Å². The lowest BCUT2D eigenvalue weighted by atomic mass is 9.78. The summed E-state index contributed by atoms with van der Waals surface area (Å²) in [4.78, 5) is 0.927. The van der Waals surface area contributed by atoms with Crippen molar-refractivity contribution in [1.82, 2.24) is 0 Å². The standard InChI is InChI=1S/C50H36.C6H9NS/c1-31-22-24-32(25-23-31)35-26-27-41-43(28-35)49(40-20-11-15-34-13-5-7-17-37(34)40)45-30-47-42(38-18-8-9-21-46(38)50(47,2)3)29-44(45)48(41)39-19-10-14-33-12-4-6-16-36(33)39;7-5-3-1-2-4-6(5)8/h4-30H,1-3H3;2,4,8H,1,3,7H2. The van der Waals surface area contributed by atoms with Crippen LogP contribution in [0.25, 0.3) is 87.6 Å². The van der Waals surface area contributed by atoms with Gasteiger partial charge in [-0.1, -0.05) is 177 Å². The average molecular weight is 764 g/mol. The van der Waals surface area contributed by atoms with Crippen LogP contribution >= 0.6 is 12.6 Å². The molecule has 0 spiro atoms. The molecular formula is C56H45NS. The van der Waals surface area contributed by atoms with Crippen molar-refractivity contribution in [3.05, 3.63) is 203 Å². The molecule has 9 aromatic rings. The van der Waals surface area contributed by atoms with Crippen molar-refractivity contribution in [3.63, 3.8) is 0 Å². The molecule has 0 bridgehead atoms. The molecule has 2 heteroatoms. The zero-order valence-corrected chi connectivity index (χ0v) is 34.1. The maximum Gasteiger partial charge on any atom is 0.0225 e. The predicted molar refractivity (Wildman–Crippen MR) is 254 cm³/mol. The zero-order chi connectivity index (χ0) is 39.5. The molecule has 0 aliphatic heterocycles. The molecule has 0 fully saturated rings. The second-order valence-electron chi connectivity index (χ2n) is 16.4. The van der Waals surface area contributed by atoms with E-state index < -0.39 is 0 Å². The lowest BCUT2D eigenvalue weighted by molar-refractivity contribution is 0.661. The number of nitrogens with two attached hydrogens (primary N) is 1. The fraction of sp³-hybridized carbons (Fsp3) is 0.107. The first kappa shape index (κ1) is 36.0. The molecule has 0 aromatic heterocycles. The van der Waals surface area contributed by atoms with Crippen molar-refractivity contribution in [1.29, 1.82) is 0 Å². The number of allylic oxidation sites excluding steroid dienone is 3. The summed E-state index contributed by atoms with van der Waals surface area (Å²) in [6.45, 7) is 6.94. The lowest BCUT2D eigenvalue weighted by Gasteiger charge is -2.24. The lowest BCUT2D eigenvalue weighted by Crippen LogP contribution is -2.14. The van der Waals surface area contributed by atoms with Crippen LogP contribution in [0.1, 0.15) is 43.4 Å². The number of thiol groups is 1. The van der Waals surface area contributed by atoms with E-state index in [0.29, 0.717) is 0 Å². The number of benzene rings is 9. The Labute approximate surface area is 346 Å². The Kier molecular flexibility index (Phi) is 8.84. The maximum atomic E-state index is 5.53. The predicted octanol–water partition coefficient (Wildman–Crippen LogP) is 15.4. The highest BCUT2D eigenvalue weighted by atomic mass is 32.1. The van der Waals surface area contributed by atoms with Crippen molar-refractivity contribution in [2.75, 3.05) is 0 Å². The monoisotopic (exact) mass is 763 g/mol. The van der Waals surface area contributed by atoms with Gasteiger partial charge < -0.3 is 5.73 Å². The van der Waals surface area contributed by atoms with Gasteiger partial charge in [0.05, 0.1) is 0 Å². The molecule has 280 valence electrons. The van der Waals surface area contributed by atoms with Gasteiger partial charge in [0.2, 0.25) is 0 Å². The molecule has 58 heavy (non-hydrogen) atoms. The second kappa shape index (κ2) is 14.2. The fourth-order valence-electron chi connectivity index (χ4n) is 9.48. The van der Waals surface area contributed by atoms with E-state index in [1.54, 1.807) is 0 Å². The first-order chi connectivity index (χ1) is 28.3. The Balaban J connectivity index is 0.000000459. The van der Waals surface area contributed by atoms with Gasteiger partial charge in [0.1, 0.15) is 0 Å². The minimum Gasteiger partial charge on any atom is -0.401 e. The largest absolute Gasteiger partial charge is 0.401 e. The smallest absolute Gasteiger partial charge is 0.0225 e. The molecule has 2 aliphatic rings. The van der Waals surface area contributed by atoms with E-state index in [0.717, 1.165) is 23.4 Å². The molecule has 11 rings (SSSR count). The van der Waals surface area contributed by atoms with Gasteiger partial charge in [0, 0.05) is 16.0 Å². The summed E-state index contributed by atoms with van der Waals surface area (Å²) in [5.41, 5.74) is 20.7. The van der Waals surface area contributed by atoms with Crippen LogP contribution in [0.5, 0.6) is 0 Å². The number of hydrogen-bond donors (Lipinski definition) is 2. The normalized spacial score (nSPS) is 14.1. The van der Waals surface area contributed by atoms with Crippen molar-refractivity contribution < 1.29 is 0 Å². The third-order valence-electron chi connectivity index (χ3n) is 12.5. The maximum absolute atomic E-state index is 5.53. The number of aryl methyl sites for hydroxylation is 1. The molecule has 0 saturated carbocycles. The highest BCUT2D eigenvalue weighted by molar-refractivity contribution is 7.84. The van der Waals surface area contributed by atoms with Crippen molar-refractivity contribution in [2.24, 2.45) is 5.73 Å². The Morgan fingerprint density at radius 1 is 0.483 bits per heavy atom. The summed E-state index contributed by atoms with van der Waals surface area (Å²) in [7, 11) is 0. The SMILES string of the molecule is Cc1ccc(-c2ccc3c(-c4cccc5ccccc45)c4cc5c(cc4c(-c4cccc6ccccc46)c3c2)C(C)(C)c2ccccc2-5)cc1.NC1=C(S)C=CCC1. The minimum atomic E-state index is -0.117. The van der Waals surface area contributed by atoms with Crippen LogP contribution in [0.2, 0.25) is 0 Å². The van der Waals surface area contributed by atoms with Crippen LogP contribution in [-0.4, -0.2) is 0 Å². The van der Waals surface area contributed by atoms with Crippen molar-refractivity contribution in [3.8, 4) is 44.5 Å². The first-order valence-corrected chi connectivity index (χ1v) is 20.8. The van der Waals surface area contributed by atoms with Crippen LogP contribution in [0.15, 0.2) is 187 Å². The van der Waals surface area contributed by atoms with Crippen molar-refractivity contribution in [2.45, 2.75) is 39.0 Å². The summed E-state index contributed by atoms with van der Waals surface area (Å²) < 4.78 is 0. The molecule has 2 aliphatic carbocycles. The molecule has 9 aromatic carbocycles. The van der Waals surface area contributed by atoms with Crippen LogP contribution in [0, 0.1) is 6.92 Å². The second-order valence-corrected chi connectivity index (χ2v) is 16.9. The summed E-state index contributed by atoms with van der Waals surface area (Å²) in [6.07, 6.45) is 6.06. The molecule has 0 amide bonds. The van der Waals surface area contributed by atoms with E-state index in [1.807, 2.05) is 6.08 Å². The van der Waals surface area contributed by atoms with E-state index in [1.165, 1.54) is 104 Å². The Morgan fingerprint density at radius 3 is 1.69 bits per heavy atom. The molecule has 2 N–H and O–H groups in total. The van der Waals surface area contributed by atoms with E-state index in [9.17, 15) is 0 Å². The van der Waals surface area contributed by atoms with Gasteiger partial charge >= 0.3 is 0 Å². The number of hydrogen-bond acceptors (Lipinski definition) is 2. The topological polar surface area (TPSA) is 26.0 Å². The van der Waals surface area contributed by atoms with Crippen LogP contribution < -0.4 is 5.73 Å². The highest BCUT2D eigenvalue weighted by Crippen LogP contribution is 2.54. The highest BCUT2D eigenvalue weighted by Gasteiger charge is 2.36.